The summed E-state index contributed by atoms with van der Waals surface area (Å²) >= 11 is 1.89. The molecule has 1 atom stereocenters. The molecule has 1 spiro atoms. The predicted molar refractivity (Wildman–Crippen MR) is 103 cm³/mol. The van der Waals surface area contributed by atoms with Gasteiger partial charge in [0.15, 0.2) is 0 Å². The Kier molecular flexibility index (Phi) is 5.66. The lowest BCUT2D eigenvalue weighted by molar-refractivity contribution is -0.143. The second-order valence-corrected chi connectivity index (χ2v) is 8.75. The molecule has 4 rings (SSSR count). The molecule has 2 aliphatic heterocycles. The van der Waals surface area contributed by atoms with Crippen LogP contribution < -0.4 is 0 Å². The maximum atomic E-state index is 6.31. The Balaban J connectivity index is 1.43. The van der Waals surface area contributed by atoms with Gasteiger partial charge in [-0.25, -0.2) is 0 Å². The molecule has 140 valence electrons. The van der Waals surface area contributed by atoms with Crippen LogP contribution in [0.3, 0.4) is 0 Å². The van der Waals surface area contributed by atoms with E-state index in [1.807, 2.05) is 23.7 Å². The number of aryl methyl sites for hydroxylation is 1. The van der Waals surface area contributed by atoms with Gasteiger partial charge in [0.25, 0.3) is 0 Å². The van der Waals surface area contributed by atoms with Gasteiger partial charge in [-0.05, 0) is 36.8 Å². The van der Waals surface area contributed by atoms with E-state index in [1.165, 1.54) is 15.3 Å². The first kappa shape index (κ1) is 18.1. The average molecular weight is 374 g/mol. The lowest BCUT2D eigenvalue weighted by Crippen LogP contribution is -2.58. The largest absolute Gasteiger partial charge is 0.377 e. The smallest absolute Gasteiger partial charge is 0.117 e. The lowest BCUT2D eigenvalue weighted by atomic mass is 10.0. The van der Waals surface area contributed by atoms with Gasteiger partial charge in [-0.15, -0.1) is 11.3 Å². The molecule has 5 nitrogen and oxygen atoms in total. The molecule has 0 unspecified atom stereocenters. The predicted octanol–water partition coefficient (Wildman–Crippen LogP) is 2.55. The lowest BCUT2D eigenvalue weighted by Gasteiger charge is -2.43. The highest BCUT2D eigenvalue weighted by molar-refractivity contribution is 7.11. The summed E-state index contributed by atoms with van der Waals surface area (Å²) in [4.78, 5) is 11.9. The minimum absolute atomic E-state index is 0.228. The summed E-state index contributed by atoms with van der Waals surface area (Å²) in [6.07, 6.45) is 3.72. The second-order valence-electron chi connectivity index (χ2n) is 7.37. The molecule has 0 aliphatic carbocycles. The van der Waals surface area contributed by atoms with Crippen molar-refractivity contribution in [3.8, 4) is 0 Å². The van der Waals surface area contributed by atoms with E-state index in [0.717, 1.165) is 52.5 Å². The Hall–Kier alpha value is -1.31. The number of hydrogen-bond donors (Lipinski definition) is 0. The average Bonchev–Trinajstić information content (AvgIpc) is 2.94. The number of thiophene rings is 1. The Morgan fingerprint density at radius 3 is 2.58 bits per heavy atom. The molecular formula is C20H27N3O2S. The molecule has 2 saturated heterocycles. The van der Waals surface area contributed by atoms with Gasteiger partial charge in [0.2, 0.25) is 0 Å². The first-order chi connectivity index (χ1) is 12.7. The van der Waals surface area contributed by atoms with Crippen LogP contribution in [-0.2, 0) is 22.6 Å². The van der Waals surface area contributed by atoms with Gasteiger partial charge in [-0.2, -0.15) is 0 Å². The topological polar surface area (TPSA) is 37.8 Å². The SMILES string of the molecule is Cc1ccc(CN2CCO[C@@]3(COCCN(Cc4ccncc4)C3)C2)s1. The third-order valence-electron chi connectivity index (χ3n) is 5.09. The summed E-state index contributed by atoms with van der Waals surface area (Å²) in [5.41, 5.74) is 1.06. The number of aromatic nitrogens is 1. The van der Waals surface area contributed by atoms with Crippen molar-refractivity contribution in [1.82, 2.24) is 14.8 Å². The van der Waals surface area contributed by atoms with Gasteiger partial charge in [0.1, 0.15) is 5.60 Å². The fraction of sp³-hybridized carbons (Fsp3) is 0.550. The molecule has 2 aromatic rings. The molecule has 2 aromatic heterocycles. The molecular weight excluding hydrogens is 346 g/mol. The third kappa shape index (κ3) is 4.50. The molecule has 2 fully saturated rings. The minimum Gasteiger partial charge on any atom is -0.377 e. The van der Waals surface area contributed by atoms with Crippen molar-refractivity contribution in [2.45, 2.75) is 25.6 Å². The monoisotopic (exact) mass is 373 g/mol. The van der Waals surface area contributed by atoms with Crippen molar-refractivity contribution in [1.29, 1.82) is 0 Å². The van der Waals surface area contributed by atoms with E-state index < -0.39 is 0 Å². The van der Waals surface area contributed by atoms with Gasteiger partial charge in [0.05, 0.1) is 19.8 Å². The summed E-state index contributed by atoms with van der Waals surface area (Å²) in [5.74, 6) is 0. The van der Waals surface area contributed by atoms with Gasteiger partial charge in [-0.1, -0.05) is 0 Å². The summed E-state index contributed by atoms with van der Waals surface area (Å²) in [5, 5.41) is 0. The number of ether oxygens (including phenoxy) is 2. The Morgan fingerprint density at radius 1 is 1.04 bits per heavy atom. The van der Waals surface area contributed by atoms with Crippen LogP contribution in [0.4, 0.5) is 0 Å². The Bertz CT molecular complexity index is 708. The highest BCUT2D eigenvalue weighted by atomic mass is 32.1. The molecule has 0 bridgehead atoms. The van der Waals surface area contributed by atoms with Crippen molar-refractivity contribution < 1.29 is 9.47 Å². The summed E-state index contributed by atoms with van der Waals surface area (Å²) in [7, 11) is 0. The Morgan fingerprint density at radius 2 is 1.81 bits per heavy atom. The maximum absolute atomic E-state index is 6.31. The summed E-state index contributed by atoms with van der Waals surface area (Å²) in [6.45, 7) is 10.1. The zero-order valence-corrected chi connectivity index (χ0v) is 16.2. The van der Waals surface area contributed by atoms with Gasteiger partial charge in [0, 0.05) is 61.4 Å². The van der Waals surface area contributed by atoms with E-state index >= 15 is 0 Å². The number of rotatable bonds is 4. The standard InChI is InChI=1S/C20H27N3O2S/c1-17-2-3-19(26-17)13-23-9-11-25-20(15-23)14-22(8-10-24-16-20)12-18-4-6-21-7-5-18/h2-7H,8-16H2,1H3/t20-/m1/s1. The summed E-state index contributed by atoms with van der Waals surface area (Å²) in [6, 6.07) is 8.64. The molecule has 0 amide bonds. The van der Waals surface area contributed by atoms with Crippen LogP contribution in [0.5, 0.6) is 0 Å². The molecule has 2 aliphatic rings. The van der Waals surface area contributed by atoms with Crippen molar-refractivity contribution in [3.63, 3.8) is 0 Å². The van der Waals surface area contributed by atoms with E-state index in [-0.39, 0.29) is 5.60 Å². The van der Waals surface area contributed by atoms with Crippen molar-refractivity contribution in [2.75, 3.05) is 46.0 Å². The van der Waals surface area contributed by atoms with Crippen molar-refractivity contribution in [2.24, 2.45) is 0 Å². The zero-order valence-electron chi connectivity index (χ0n) is 15.4. The van der Waals surface area contributed by atoms with E-state index in [0.29, 0.717) is 6.61 Å². The molecule has 0 N–H and O–H groups in total. The van der Waals surface area contributed by atoms with E-state index in [4.69, 9.17) is 9.47 Å². The molecule has 4 heterocycles. The van der Waals surface area contributed by atoms with Crippen LogP contribution in [-0.4, -0.2) is 66.4 Å². The zero-order chi connectivity index (χ0) is 17.8. The van der Waals surface area contributed by atoms with Gasteiger partial charge < -0.3 is 9.47 Å². The minimum atomic E-state index is -0.228. The number of nitrogens with zero attached hydrogens (tertiary/aromatic N) is 3. The van der Waals surface area contributed by atoms with Gasteiger partial charge >= 0.3 is 0 Å². The van der Waals surface area contributed by atoms with Crippen LogP contribution in [0, 0.1) is 6.92 Å². The normalized spacial score (nSPS) is 25.4. The number of hydrogen-bond acceptors (Lipinski definition) is 6. The first-order valence-corrected chi connectivity index (χ1v) is 10.1. The van der Waals surface area contributed by atoms with Crippen LogP contribution in [0.1, 0.15) is 15.3 Å². The maximum Gasteiger partial charge on any atom is 0.117 e. The molecule has 0 saturated carbocycles. The van der Waals surface area contributed by atoms with Crippen molar-refractivity contribution >= 4 is 11.3 Å². The first-order valence-electron chi connectivity index (χ1n) is 9.31. The Labute approximate surface area is 159 Å². The van der Waals surface area contributed by atoms with Gasteiger partial charge in [-0.3, -0.25) is 14.8 Å². The molecule has 0 aromatic carbocycles. The van der Waals surface area contributed by atoms with Crippen LogP contribution in [0.15, 0.2) is 36.7 Å². The van der Waals surface area contributed by atoms with E-state index in [1.54, 1.807) is 0 Å². The fourth-order valence-electron chi connectivity index (χ4n) is 3.90. The molecule has 0 radical (unpaired) electrons. The van der Waals surface area contributed by atoms with Crippen molar-refractivity contribution in [3.05, 3.63) is 52.0 Å². The highest BCUT2D eigenvalue weighted by Crippen LogP contribution is 2.26. The molecule has 26 heavy (non-hydrogen) atoms. The van der Waals surface area contributed by atoms with E-state index in [9.17, 15) is 0 Å². The quantitative estimate of drug-likeness (QED) is 0.823. The van der Waals surface area contributed by atoms with Crippen LogP contribution >= 0.6 is 11.3 Å². The second kappa shape index (κ2) is 8.15. The highest BCUT2D eigenvalue weighted by Gasteiger charge is 2.40. The number of pyridine rings is 1. The molecule has 6 heteroatoms. The third-order valence-corrected chi connectivity index (χ3v) is 6.07. The summed E-state index contributed by atoms with van der Waals surface area (Å²) < 4.78 is 12.3. The van der Waals surface area contributed by atoms with Crippen LogP contribution in [0.25, 0.3) is 0 Å². The van der Waals surface area contributed by atoms with E-state index in [2.05, 4.69) is 46.0 Å². The van der Waals surface area contributed by atoms with Crippen LogP contribution in [0.2, 0.25) is 0 Å². The number of morpholine rings is 1. The fourth-order valence-corrected chi connectivity index (χ4v) is 4.83.